The summed E-state index contributed by atoms with van der Waals surface area (Å²) < 4.78 is 66.5. The van der Waals surface area contributed by atoms with Gasteiger partial charge in [0.1, 0.15) is 5.69 Å². The van der Waals surface area contributed by atoms with Gasteiger partial charge in [-0.1, -0.05) is 6.07 Å². The van der Waals surface area contributed by atoms with Crippen molar-refractivity contribution >= 4 is 11.9 Å². The standard InChI is InChI=1S/C14H15F5N6/c15-12(16)5-4-7(6-12)13(24-10(20)23-11(21)25-13)8-2-1-3-9(22-8)14(17,18)19/h1-3,7H,4-6H2,(H5,20,21,23,24,25). The van der Waals surface area contributed by atoms with Crippen LogP contribution in [0.1, 0.15) is 30.7 Å². The number of hydrogen-bond donors (Lipinski definition) is 3. The second kappa shape index (κ2) is 5.53. The zero-order chi connectivity index (χ0) is 18.5. The molecule has 1 fully saturated rings. The van der Waals surface area contributed by atoms with Crippen LogP contribution in [0.3, 0.4) is 0 Å². The summed E-state index contributed by atoms with van der Waals surface area (Å²) in [5, 5.41) is 2.63. The third-order valence-electron chi connectivity index (χ3n) is 4.27. The molecular formula is C14H15F5N6. The van der Waals surface area contributed by atoms with Crippen LogP contribution in [-0.2, 0) is 11.8 Å². The minimum Gasteiger partial charge on any atom is -0.370 e. The van der Waals surface area contributed by atoms with Crippen LogP contribution in [0.5, 0.6) is 0 Å². The predicted molar refractivity (Wildman–Crippen MR) is 79.6 cm³/mol. The number of aliphatic imine (C=N–C) groups is 2. The fraction of sp³-hybridized carbons (Fsp3) is 0.500. The molecule has 0 radical (unpaired) electrons. The fourth-order valence-electron chi connectivity index (χ4n) is 3.22. The van der Waals surface area contributed by atoms with Gasteiger partial charge < -0.3 is 16.8 Å². The number of nitrogens with zero attached hydrogens (tertiary/aromatic N) is 3. The number of alkyl halides is 5. The van der Waals surface area contributed by atoms with Crippen LogP contribution in [0.25, 0.3) is 0 Å². The highest BCUT2D eigenvalue weighted by Crippen LogP contribution is 2.48. The molecule has 5 N–H and O–H groups in total. The molecule has 6 nitrogen and oxygen atoms in total. The molecule has 1 aromatic rings. The van der Waals surface area contributed by atoms with Crippen molar-refractivity contribution < 1.29 is 22.0 Å². The van der Waals surface area contributed by atoms with Gasteiger partial charge in [0, 0.05) is 18.8 Å². The maximum atomic E-state index is 13.7. The van der Waals surface area contributed by atoms with Crippen molar-refractivity contribution in [3.63, 3.8) is 0 Å². The van der Waals surface area contributed by atoms with Crippen LogP contribution in [-0.4, -0.2) is 22.8 Å². The summed E-state index contributed by atoms with van der Waals surface area (Å²) in [6.07, 6.45) is -5.67. The Bertz CT molecular complexity index is 743. The second-order valence-corrected chi connectivity index (χ2v) is 6.06. The molecule has 2 heterocycles. The smallest absolute Gasteiger partial charge is 0.370 e. The Morgan fingerprint density at radius 2 is 1.92 bits per heavy atom. The van der Waals surface area contributed by atoms with Gasteiger partial charge >= 0.3 is 6.18 Å². The Hall–Kier alpha value is -2.46. The van der Waals surface area contributed by atoms with Gasteiger partial charge in [0.15, 0.2) is 11.6 Å². The van der Waals surface area contributed by atoms with Crippen LogP contribution in [0, 0.1) is 5.92 Å². The van der Waals surface area contributed by atoms with Gasteiger partial charge in [0.2, 0.25) is 11.9 Å². The van der Waals surface area contributed by atoms with Crippen molar-refractivity contribution in [1.82, 2.24) is 10.3 Å². The molecule has 3 rings (SSSR count). The van der Waals surface area contributed by atoms with E-state index in [4.69, 9.17) is 11.5 Å². The van der Waals surface area contributed by atoms with Crippen LogP contribution in [0.2, 0.25) is 0 Å². The number of halogens is 5. The highest BCUT2D eigenvalue weighted by Gasteiger charge is 2.53. The minimum absolute atomic E-state index is 0.0159. The molecule has 136 valence electrons. The van der Waals surface area contributed by atoms with E-state index in [9.17, 15) is 22.0 Å². The maximum Gasteiger partial charge on any atom is 0.433 e. The zero-order valence-corrected chi connectivity index (χ0v) is 12.8. The van der Waals surface area contributed by atoms with E-state index < -0.39 is 42.2 Å². The van der Waals surface area contributed by atoms with Crippen molar-refractivity contribution in [2.24, 2.45) is 27.4 Å². The summed E-state index contributed by atoms with van der Waals surface area (Å²) in [5.74, 6) is -4.34. The lowest BCUT2D eigenvalue weighted by atomic mass is 9.87. The van der Waals surface area contributed by atoms with Gasteiger partial charge in [0.05, 0.1) is 5.69 Å². The number of nitrogens with two attached hydrogens (primary N) is 2. The van der Waals surface area contributed by atoms with Crippen LogP contribution in [0.15, 0.2) is 28.2 Å². The number of rotatable bonds is 2. The Morgan fingerprint density at radius 3 is 2.48 bits per heavy atom. The molecule has 0 saturated heterocycles. The first kappa shape index (κ1) is 17.4. The fourth-order valence-corrected chi connectivity index (χ4v) is 3.22. The van der Waals surface area contributed by atoms with E-state index in [-0.39, 0.29) is 24.0 Å². The van der Waals surface area contributed by atoms with E-state index in [1.54, 1.807) is 0 Å². The third kappa shape index (κ3) is 3.22. The number of hydrogen-bond acceptors (Lipinski definition) is 6. The molecule has 1 aliphatic carbocycles. The van der Waals surface area contributed by atoms with Gasteiger partial charge in [0.25, 0.3) is 0 Å². The number of guanidine groups is 2. The molecule has 0 aromatic carbocycles. The van der Waals surface area contributed by atoms with E-state index in [1.807, 2.05) is 0 Å². The first-order chi connectivity index (χ1) is 11.5. The van der Waals surface area contributed by atoms with Crippen LogP contribution in [0.4, 0.5) is 22.0 Å². The van der Waals surface area contributed by atoms with E-state index >= 15 is 0 Å². The van der Waals surface area contributed by atoms with Crippen molar-refractivity contribution in [2.75, 3.05) is 0 Å². The Morgan fingerprint density at radius 1 is 1.20 bits per heavy atom. The topological polar surface area (TPSA) is 102 Å². The predicted octanol–water partition coefficient (Wildman–Crippen LogP) is 1.92. The first-order valence-electron chi connectivity index (χ1n) is 7.42. The van der Waals surface area contributed by atoms with Gasteiger partial charge in [-0.05, 0) is 18.6 Å². The molecule has 11 heteroatoms. The van der Waals surface area contributed by atoms with E-state index in [0.717, 1.165) is 12.1 Å². The molecule has 2 atom stereocenters. The molecule has 1 aliphatic heterocycles. The summed E-state index contributed by atoms with van der Waals surface area (Å²) in [7, 11) is 0. The molecule has 0 spiro atoms. The molecule has 0 bridgehead atoms. The largest absolute Gasteiger partial charge is 0.433 e. The van der Waals surface area contributed by atoms with E-state index in [2.05, 4.69) is 20.3 Å². The lowest BCUT2D eigenvalue weighted by Gasteiger charge is -2.38. The molecule has 0 amide bonds. The van der Waals surface area contributed by atoms with Gasteiger partial charge in [-0.15, -0.1) is 0 Å². The van der Waals surface area contributed by atoms with Crippen molar-refractivity contribution in [2.45, 2.75) is 37.0 Å². The number of nitrogens with one attached hydrogen (secondary N) is 1. The van der Waals surface area contributed by atoms with Crippen molar-refractivity contribution in [1.29, 1.82) is 0 Å². The Labute approximate surface area is 139 Å². The molecule has 1 saturated carbocycles. The monoisotopic (exact) mass is 362 g/mol. The van der Waals surface area contributed by atoms with E-state index in [0.29, 0.717) is 0 Å². The molecule has 2 aliphatic rings. The summed E-state index contributed by atoms with van der Waals surface area (Å²) in [4.78, 5) is 11.3. The molecule has 1 aromatic heterocycles. The average Bonchev–Trinajstić information content (AvgIpc) is 2.86. The molecular weight excluding hydrogens is 347 g/mol. The second-order valence-electron chi connectivity index (χ2n) is 6.06. The maximum absolute atomic E-state index is 13.7. The van der Waals surface area contributed by atoms with Gasteiger partial charge in [-0.25, -0.2) is 18.8 Å². The number of aromatic nitrogens is 1. The highest BCUT2D eigenvalue weighted by molar-refractivity contribution is 5.95. The van der Waals surface area contributed by atoms with Crippen molar-refractivity contribution in [3.05, 3.63) is 29.6 Å². The van der Waals surface area contributed by atoms with Gasteiger partial charge in [-0.3, -0.25) is 0 Å². The minimum atomic E-state index is -4.69. The summed E-state index contributed by atoms with van der Waals surface area (Å²) in [5.41, 5.74) is 8.16. The first-order valence-corrected chi connectivity index (χ1v) is 7.42. The summed E-state index contributed by atoms with van der Waals surface area (Å²) >= 11 is 0. The normalized spacial score (nSPS) is 28.9. The number of pyridine rings is 1. The Kier molecular flexibility index (Phi) is 3.84. The lowest BCUT2D eigenvalue weighted by molar-refractivity contribution is -0.141. The summed E-state index contributed by atoms with van der Waals surface area (Å²) in [6, 6.07) is 3.19. The molecule has 25 heavy (non-hydrogen) atoms. The average molecular weight is 362 g/mol. The summed E-state index contributed by atoms with van der Waals surface area (Å²) in [6.45, 7) is 0. The SMILES string of the molecule is NC1=NC(c2cccc(C(F)(F)F)n2)(C2CCC(F)(F)C2)NC(N)=N1. The highest BCUT2D eigenvalue weighted by atomic mass is 19.4. The van der Waals surface area contributed by atoms with Crippen LogP contribution >= 0.6 is 0 Å². The van der Waals surface area contributed by atoms with Crippen molar-refractivity contribution in [3.8, 4) is 0 Å². The zero-order valence-electron chi connectivity index (χ0n) is 12.8. The molecule has 2 unspecified atom stereocenters. The third-order valence-corrected chi connectivity index (χ3v) is 4.27. The lowest BCUT2D eigenvalue weighted by Crippen LogP contribution is -2.56. The van der Waals surface area contributed by atoms with Gasteiger partial charge in [-0.2, -0.15) is 18.2 Å². The quantitative estimate of drug-likeness (QED) is 0.700. The van der Waals surface area contributed by atoms with Crippen LogP contribution < -0.4 is 16.8 Å². The van der Waals surface area contributed by atoms with E-state index in [1.165, 1.54) is 6.07 Å². The Balaban J connectivity index is 2.12.